The highest BCUT2D eigenvalue weighted by Gasteiger charge is 2.31. The number of ether oxygens (including phenoxy) is 1. The molecule has 1 aliphatic rings. The van der Waals surface area contributed by atoms with E-state index >= 15 is 0 Å². The standard InChI is InChI=1S/C15H16N2O2/c1-9(2)15-11-4-5-13(19-3)16-14(11)12-8-10(18)6-7-17(12)15/h4-9,15H,1-3H3. The second-order valence-corrected chi connectivity index (χ2v) is 5.14. The molecule has 0 spiro atoms. The minimum absolute atomic E-state index is 0.00576. The Balaban J connectivity index is 2.30. The fourth-order valence-corrected chi connectivity index (χ4v) is 2.76. The van der Waals surface area contributed by atoms with E-state index in [0.717, 1.165) is 17.0 Å². The summed E-state index contributed by atoms with van der Waals surface area (Å²) in [6.45, 7) is 4.35. The lowest BCUT2D eigenvalue weighted by Crippen LogP contribution is -2.14. The van der Waals surface area contributed by atoms with Gasteiger partial charge in [-0.05, 0) is 12.0 Å². The molecule has 0 radical (unpaired) electrons. The second kappa shape index (κ2) is 4.23. The lowest BCUT2D eigenvalue weighted by Gasteiger charge is -2.19. The quantitative estimate of drug-likeness (QED) is 0.829. The third kappa shape index (κ3) is 1.75. The highest BCUT2D eigenvalue weighted by atomic mass is 16.5. The molecular formula is C15H16N2O2. The van der Waals surface area contributed by atoms with Crippen LogP contribution in [0.25, 0.3) is 11.4 Å². The largest absolute Gasteiger partial charge is 0.481 e. The second-order valence-electron chi connectivity index (χ2n) is 5.14. The maximum absolute atomic E-state index is 11.6. The summed E-state index contributed by atoms with van der Waals surface area (Å²) in [7, 11) is 1.60. The van der Waals surface area contributed by atoms with E-state index in [-0.39, 0.29) is 11.5 Å². The summed E-state index contributed by atoms with van der Waals surface area (Å²) in [5.74, 6) is 1.00. The van der Waals surface area contributed by atoms with E-state index < -0.39 is 0 Å². The fraction of sp³-hybridized carbons (Fsp3) is 0.333. The third-order valence-corrected chi connectivity index (χ3v) is 3.56. The summed E-state index contributed by atoms with van der Waals surface area (Å²) in [4.78, 5) is 16.1. The first-order chi connectivity index (χ1) is 9.11. The van der Waals surface area contributed by atoms with Gasteiger partial charge in [0.25, 0.3) is 0 Å². The van der Waals surface area contributed by atoms with Crippen LogP contribution in [0.5, 0.6) is 5.88 Å². The number of fused-ring (bicyclic) bond motifs is 3. The third-order valence-electron chi connectivity index (χ3n) is 3.56. The predicted octanol–water partition coefficient (Wildman–Crippen LogP) is 2.48. The average molecular weight is 256 g/mol. The minimum atomic E-state index is 0.00576. The Morgan fingerprint density at radius 3 is 2.79 bits per heavy atom. The Morgan fingerprint density at radius 1 is 1.32 bits per heavy atom. The molecule has 19 heavy (non-hydrogen) atoms. The molecule has 2 aromatic rings. The molecule has 98 valence electrons. The molecule has 2 aromatic heterocycles. The maximum Gasteiger partial charge on any atom is 0.213 e. The Labute approximate surface area is 111 Å². The lowest BCUT2D eigenvalue weighted by molar-refractivity contribution is 0.397. The van der Waals surface area contributed by atoms with Crippen LogP contribution in [0, 0.1) is 5.92 Å². The molecule has 1 atom stereocenters. The predicted molar refractivity (Wildman–Crippen MR) is 73.5 cm³/mol. The first-order valence-corrected chi connectivity index (χ1v) is 6.39. The first kappa shape index (κ1) is 12.0. The van der Waals surface area contributed by atoms with Gasteiger partial charge in [-0.1, -0.05) is 13.8 Å². The number of pyridine rings is 2. The van der Waals surface area contributed by atoms with E-state index in [1.807, 2.05) is 18.3 Å². The summed E-state index contributed by atoms with van der Waals surface area (Å²) in [5.41, 5.74) is 2.89. The zero-order chi connectivity index (χ0) is 13.6. The van der Waals surface area contributed by atoms with Crippen LogP contribution in [0.2, 0.25) is 0 Å². The van der Waals surface area contributed by atoms with Crippen molar-refractivity contribution in [3.05, 3.63) is 46.2 Å². The average Bonchev–Trinajstić information content (AvgIpc) is 2.71. The monoisotopic (exact) mass is 256 g/mol. The highest BCUT2D eigenvalue weighted by Crippen LogP contribution is 2.41. The molecule has 0 aliphatic carbocycles. The van der Waals surface area contributed by atoms with E-state index in [1.54, 1.807) is 19.2 Å². The van der Waals surface area contributed by atoms with Crippen LogP contribution in [0.15, 0.2) is 35.3 Å². The summed E-state index contributed by atoms with van der Waals surface area (Å²) in [6, 6.07) is 7.39. The van der Waals surface area contributed by atoms with Crippen molar-refractivity contribution in [2.45, 2.75) is 19.9 Å². The van der Waals surface area contributed by atoms with Crippen molar-refractivity contribution in [2.24, 2.45) is 5.92 Å². The SMILES string of the molecule is COc1ccc2c(n1)-c1cc(=O)ccn1C2C(C)C. The van der Waals surface area contributed by atoms with Crippen molar-refractivity contribution in [3.63, 3.8) is 0 Å². The van der Waals surface area contributed by atoms with Crippen LogP contribution in [-0.4, -0.2) is 16.7 Å². The number of aromatic nitrogens is 2. The molecule has 0 N–H and O–H groups in total. The van der Waals surface area contributed by atoms with Gasteiger partial charge < -0.3 is 9.30 Å². The van der Waals surface area contributed by atoms with E-state index in [1.165, 1.54) is 0 Å². The smallest absolute Gasteiger partial charge is 0.213 e. The van der Waals surface area contributed by atoms with Gasteiger partial charge in [-0.3, -0.25) is 4.79 Å². The topological polar surface area (TPSA) is 44.1 Å². The molecule has 0 bridgehead atoms. The van der Waals surface area contributed by atoms with Crippen molar-refractivity contribution < 1.29 is 4.74 Å². The van der Waals surface area contributed by atoms with Gasteiger partial charge in [0.15, 0.2) is 5.43 Å². The molecule has 4 nitrogen and oxygen atoms in total. The Morgan fingerprint density at radius 2 is 2.11 bits per heavy atom. The highest BCUT2D eigenvalue weighted by molar-refractivity contribution is 5.66. The van der Waals surface area contributed by atoms with E-state index in [2.05, 4.69) is 23.4 Å². The van der Waals surface area contributed by atoms with Gasteiger partial charge in [-0.25, -0.2) is 4.98 Å². The zero-order valence-corrected chi connectivity index (χ0v) is 11.3. The van der Waals surface area contributed by atoms with Gasteiger partial charge >= 0.3 is 0 Å². The van der Waals surface area contributed by atoms with Crippen LogP contribution in [0.1, 0.15) is 25.5 Å². The van der Waals surface area contributed by atoms with Gasteiger partial charge in [0.1, 0.15) is 0 Å². The number of rotatable bonds is 2. The van der Waals surface area contributed by atoms with E-state index in [9.17, 15) is 4.79 Å². The Bertz CT molecular complexity index is 689. The van der Waals surface area contributed by atoms with Crippen molar-refractivity contribution in [1.82, 2.24) is 9.55 Å². The lowest BCUT2D eigenvalue weighted by atomic mass is 9.97. The number of nitrogens with zero attached hydrogens (tertiary/aromatic N) is 2. The minimum Gasteiger partial charge on any atom is -0.481 e. The molecular weight excluding hydrogens is 240 g/mol. The number of methoxy groups -OCH3 is 1. The van der Waals surface area contributed by atoms with Gasteiger partial charge in [-0.15, -0.1) is 0 Å². The molecule has 0 amide bonds. The van der Waals surface area contributed by atoms with Crippen LogP contribution >= 0.6 is 0 Å². The molecule has 3 rings (SSSR count). The van der Waals surface area contributed by atoms with Crippen LogP contribution in [-0.2, 0) is 0 Å². The van der Waals surface area contributed by atoms with E-state index in [0.29, 0.717) is 11.8 Å². The van der Waals surface area contributed by atoms with E-state index in [4.69, 9.17) is 4.74 Å². The van der Waals surface area contributed by atoms with Gasteiger partial charge in [0, 0.05) is 30.0 Å². The fourth-order valence-electron chi connectivity index (χ4n) is 2.76. The van der Waals surface area contributed by atoms with Crippen LogP contribution < -0.4 is 10.2 Å². The molecule has 0 saturated carbocycles. The molecule has 3 heterocycles. The van der Waals surface area contributed by atoms with Crippen molar-refractivity contribution in [1.29, 1.82) is 0 Å². The van der Waals surface area contributed by atoms with Crippen LogP contribution in [0.4, 0.5) is 0 Å². The van der Waals surface area contributed by atoms with Crippen molar-refractivity contribution >= 4 is 0 Å². The molecule has 0 fully saturated rings. The normalized spacial score (nSPS) is 16.3. The molecule has 0 aromatic carbocycles. The van der Waals surface area contributed by atoms with Gasteiger partial charge in [0.2, 0.25) is 5.88 Å². The summed E-state index contributed by atoms with van der Waals surface area (Å²) >= 11 is 0. The zero-order valence-electron chi connectivity index (χ0n) is 11.3. The van der Waals surface area contributed by atoms with Gasteiger partial charge in [-0.2, -0.15) is 0 Å². The number of hydrogen-bond donors (Lipinski definition) is 0. The van der Waals surface area contributed by atoms with Gasteiger partial charge in [0.05, 0.1) is 24.5 Å². The van der Waals surface area contributed by atoms with Crippen molar-refractivity contribution in [3.8, 4) is 17.3 Å². The Hall–Kier alpha value is -2.10. The summed E-state index contributed by atoms with van der Waals surface area (Å²) in [5, 5.41) is 0. The summed E-state index contributed by atoms with van der Waals surface area (Å²) < 4.78 is 7.31. The molecule has 4 heteroatoms. The number of hydrogen-bond acceptors (Lipinski definition) is 3. The molecule has 1 unspecified atom stereocenters. The first-order valence-electron chi connectivity index (χ1n) is 6.39. The summed E-state index contributed by atoms with van der Waals surface area (Å²) in [6.07, 6.45) is 1.86. The Kier molecular flexibility index (Phi) is 2.66. The van der Waals surface area contributed by atoms with Crippen LogP contribution in [0.3, 0.4) is 0 Å². The molecule has 1 aliphatic heterocycles. The molecule has 0 saturated heterocycles. The maximum atomic E-state index is 11.6. The van der Waals surface area contributed by atoms with Crippen molar-refractivity contribution in [2.75, 3.05) is 7.11 Å².